The molecule has 0 radical (unpaired) electrons. The molecule has 2 aliphatic rings. The largest absolute Gasteiger partial charge is 0.363 e. The summed E-state index contributed by atoms with van der Waals surface area (Å²) in [5, 5.41) is 3.07. The van der Waals surface area contributed by atoms with Gasteiger partial charge in [-0.05, 0) is 54.7 Å². The molecule has 1 amide bonds. The van der Waals surface area contributed by atoms with Crippen LogP contribution in [-0.4, -0.2) is 25.0 Å². The number of hydrogen-bond donors (Lipinski definition) is 1. The Morgan fingerprint density at radius 1 is 1.38 bits per heavy atom. The van der Waals surface area contributed by atoms with Gasteiger partial charge in [0, 0.05) is 33.3 Å². The number of hydrogen-bond acceptors (Lipinski definition) is 3. The van der Waals surface area contributed by atoms with Gasteiger partial charge in [-0.25, -0.2) is 4.98 Å². The number of nitrogens with zero attached hydrogens (tertiary/aromatic N) is 2. The molecule has 2 aliphatic carbocycles. The molecule has 3 atom stereocenters. The molecule has 2 bridgehead atoms. The van der Waals surface area contributed by atoms with E-state index in [0.29, 0.717) is 18.9 Å². The molecule has 4 heteroatoms. The highest BCUT2D eigenvalue weighted by atomic mass is 16.1. The van der Waals surface area contributed by atoms with E-state index in [1.807, 2.05) is 31.1 Å². The summed E-state index contributed by atoms with van der Waals surface area (Å²) < 4.78 is 0. The third-order valence-electron chi connectivity index (χ3n) is 5.09. The summed E-state index contributed by atoms with van der Waals surface area (Å²) in [7, 11) is 3.94. The Kier molecular flexibility index (Phi) is 4.13. The van der Waals surface area contributed by atoms with Crippen molar-refractivity contribution in [3.8, 4) is 0 Å². The predicted molar refractivity (Wildman–Crippen MR) is 84.0 cm³/mol. The van der Waals surface area contributed by atoms with Crippen molar-refractivity contribution in [1.29, 1.82) is 0 Å². The summed E-state index contributed by atoms with van der Waals surface area (Å²) in [4.78, 5) is 18.4. The molecule has 1 heterocycles. The topological polar surface area (TPSA) is 45.2 Å². The van der Waals surface area contributed by atoms with Gasteiger partial charge in [-0.1, -0.05) is 6.42 Å². The number of pyridine rings is 1. The minimum atomic E-state index is 0.204. The molecular weight excluding hydrogens is 262 g/mol. The third-order valence-corrected chi connectivity index (χ3v) is 5.09. The number of carbonyl (C=O) groups excluding carboxylic acids is 1. The number of carbonyl (C=O) groups is 1. The van der Waals surface area contributed by atoms with Crippen LogP contribution < -0.4 is 10.2 Å². The van der Waals surface area contributed by atoms with Crippen molar-refractivity contribution in [2.45, 2.75) is 38.6 Å². The predicted octanol–water partition coefficient (Wildman–Crippen LogP) is 2.59. The minimum Gasteiger partial charge on any atom is -0.363 e. The van der Waals surface area contributed by atoms with E-state index in [0.717, 1.165) is 23.2 Å². The Hall–Kier alpha value is -1.58. The Balaban J connectivity index is 1.48. The maximum Gasteiger partial charge on any atom is 0.220 e. The third kappa shape index (κ3) is 3.36. The van der Waals surface area contributed by atoms with Crippen LogP contribution in [0, 0.1) is 17.8 Å². The average Bonchev–Trinajstić information content (AvgIpc) is 3.08. The van der Waals surface area contributed by atoms with Gasteiger partial charge in [-0.3, -0.25) is 4.79 Å². The summed E-state index contributed by atoms with van der Waals surface area (Å²) in [6, 6.07) is 3.99. The highest BCUT2D eigenvalue weighted by Crippen LogP contribution is 2.49. The first-order chi connectivity index (χ1) is 10.1. The molecule has 1 aromatic rings. The zero-order chi connectivity index (χ0) is 14.8. The van der Waals surface area contributed by atoms with Crippen molar-refractivity contribution in [3.63, 3.8) is 0 Å². The Morgan fingerprint density at radius 3 is 2.90 bits per heavy atom. The van der Waals surface area contributed by atoms with Crippen molar-refractivity contribution in [3.05, 3.63) is 23.9 Å². The van der Waals surface area contributed by atoms with Crippen LogP contribution in [0.15, 0.2) is 18.3 Å². The number of aromatic nitrogens is 1. The first kappa shape index (κ1) is 14.4. The number of rotatable bonds is 5. The standard InChI is InChI=1S/C17H25N3O/c1-20(2)16-9-13(5-6-18-16)11-19-17(21)10-15-8-12-3-4-14(15)7-12/h5-6,9,12,14-15H,3-4,7-8,10-11H2,1-2H3,(H,19,21). The fourth-order valence-electron chi connectivity index (χ4n) is 3.95. The summed E-state index contributed by atoms with van der Waals surface area (Å²) in [6.07, 6.45) is 7.90. The van der Waals surface area contributed by atoms with Crippen LogP contribution in [0.2, 0.25) is 0 Å². The van der Waals surface area contributed by atoms with Gasteiger partial charge in [0.2, 0.25) is 5.91 Å². The fourth-order valence-corrected chi connectivity index (χ4v) is 3.95. The van der Waals surface area contributed by atoms with E-state index < -0.39 is 0 Å². The Bertz CT molecular complexity index is 515. The van der Waals surface area contributed by atoms with Crippen molar-refractivity contribution in [2.24, 2.45) is 17.8 Å². The maximum atomic E-state index is 12.1. The molecule has 1 aromatic heterocycles. The molecular formula is C17H25N3O. The lowest BCUT2D eigenvalue weighted by molar-refractivity contribution is -0.122. The Labute approximate surface area is 126 Å². The molecule has 3 unspecified atom stereocenters. The monoisotopic (exact) mass is 287 g/mol. The van der Waals surface area contributed by atoms with Crippen LogP contribution in [0.3, 0.4) is 0 Å². The van der Waals surface area contributed by atoms with Crippen LogP contribution in [0.4, 0.5) is 5.82 Å². The van der Waals surface area contributed by atoms with Gasteiger partial charge in [-0.15, -0.1) is 0 Å². The van der Waals surface area contributed by atoms with E-state index in [9.17, 15) is 4.79 Å². The van der Waals surface area contributed by atoms with Crippen molar-refractivity contribution < 1.29 is 4.79 Å². The number of nitrogens with one attached hydrogen (secondary N) is 1. The van der Waals surface area contributed by atoms with E-state index in [4.69, 9.17) is 0 Å². The van der Waals surface area contributed by atoms with Gasteiger partial charge in [-0.2, -0.15) is 0 Å². The SMILES string of the molecule is CN(C)c1cc(CNC(=O)CC2CC3CCC2C3)ccn1. The molecule has 4 nitrogen and oxygen atoms in total. The van der Waals surface area contributed by atoms with Crippen molar-refractivity contribution in [2.75, 3.05) is 19.0 Å². The number of amides is 1. The first-order valence-electron chi connectivity index (χ1n) is 8.01. The lowest BCUT2D eigenvalue weighted by Crippen LogP contribution is -2.27. The Morgan fingerprint density at radius 2 is 2.24 bits per heavy atom. The molecule has 1 N–H and O–H groups in total. The fraction of sp³-hybridized carbons (Fsp3) is 0.647. The van der Waals surface area contributed by atoms with Crippen molar-refractivity contribution in [1.82, 2.24) is 10.3 Å². The minimum absolute atomic E-state index is 0.204. The second kappa shape index (κ2) is 6.04. The van der Waals surface area contributed by atoms with Gasteiger partial charge in [0.15, 0.2) is 0 Å². The normalized spacial score (nSPS) is 26.9. The summed E-state index contributed by atoms with van der Waals surface area (Å²) in [5.41, 5.74) is 1.11. The van der Waals surface area contributed by atoms with E-state index in [1.54, 1.807) is 6.20 Å². The van der Waals surface area contributed by atoms with E-state index >= 15 is 0 Å². The molecule has 0 aliphatic heterocycles. The summed E-state index contributed by atoms with van der Waals surface area (Å²) in [5.74, 6) is 3.50. The molecule has 3 rings (SSSR count). The van der Waals surface area contributed by atoms with E-state index in [1.165, 1.54) is 25.7 Å². The molecule has 0 saturated heterocycles. The van der Waals surface area contributed by atoms with Gasteiger partial charge in [0.1, 0.15) is 5.82 Å². The summed E-state index contributed by atoms with van der Waals surface area (Å²) >= 11 is 0. The van der Waals surface area contributed by atoms with Crippen molar-refractivity contribution >= 4 is 11.7 Å². The van der Waals surface area contributed by atoms with Crippen LogP contribution >= 0.6 is 0 Å². The lowest BCUT2D eigenvalue weighted by atomic mass is 9.86. The van der Waals surface area contributed by atoms with Gasteiger partial charge in [0.05, 0.1) is 0 Å². The quantitative estimate of drug-likeness (QED) is 0.905. The summed E-state index contributed by atoms with van der Waals surface area (Å²) in [6.45, 7) is 0.600. The highest BCUT2D eigenvalue weighted by molar-refractivity contribution is 5.76. The van der Waals surface area contributed by atoms with Crippen LogP contribution in [0.5, 0.6) is 0 Å². The lowest BCUT2D eigenvalue weighted by Gasteiger charge is -2.21. The van der Waals surface area contributed by atoms with Crippen LogP contribution in [-0.2, 0) is 11.3 Å². The van der Waals surface area contributed by atoms with Crippen LogP contribution in [0.1, 0.15) is 37.7 Å². The average molecular weight is 287 g/mol. The molecule has 0 aromatic carbocycles. The zero-order valence-electron chi connectivity index (χ0n) is 13.0. The molecule has 2 saturated carbocycles. The van der Waals surface area contributed by atoms with Gasteiger partial charge in [0.25, 0.3) is 0 Å². The molecule has 114 valence electrons. The maximum absolute atomic E-state index is 12.1. The molecule has 0 spiro atoms. The van der Waals surface area contributed by atoms with Gasteiger partial charge >= 0.3 is 0 Å². The molecule has 2 fully saturated rings. The van der Waals surface area contributed by atoms with Crippen LogP contribution in [0.25, 0.3) is 0 Å². The highest BCUT2D eigenvalue weighted by Gasteiger charge is 2.39. The number of anilines is 1. The zero-order valence-corrected chi connectivity index (χ0v) is 13.0. The number of fused-ring (bicyclic) bond motifs is 2. The first-order valence-corrected chi connectivity index (χ1v) is 8.01. The second-order valence-electron chi connectivity index (χ2n) is 6.83. The van der Waals surface area contributed by atoms with E-state index in [-0.39, 0.29) is 5.91 Å². The second-order valence-corrected chi connectivity index (χ2v) is 6.83. The van der Waals surface area contributed by atoms with Gasteiger partial charge < -0.3 is 10.2 Å². The van der Waals surface area contributed by atoms with E-state index in [2.05, 4.69) is 10.3 Å². The smallest absolute Gasteiger partial charge is 0.220 e. The molecule has 21 heavy (non-hydrogen) atoms.